The van der Waals surface area contributed by atoms with Gasteiger partial charge in [0.25, 0.3) is 0 Å². The number of nitrogens with two attached hydrogens (primary N) is 1. The van der Waals surface area contributed by atoms with Gasteiger partial charge in [0.15, 0.2) is 0 Å². The molecule has 4 N–H and O–H groups in total. The molecule has 1 saturated heterocycles. The van der Waals surface area contributed by atoms with Crippen molar-refractivity contribution in [2.24, 2.45) is 0 Å². The SMILES string of the molecule is CCc1cccc(OC[C@@H](O)C[NH2+]C[C@H]2CCC[NH+]2CC)c1. The predicted molar refractivity (Wildman–Crippen MR) is 88.4 cm³/mol. The highest BCUT2D eigenvalue weighted by atomic mass is 16.5. The Morgan fingerprint density at radius 1 is 1.41 bits per heavy atom. The van der Waals surface area contributed by atoms with Crippen LogP contribution in [0.2, 0.25) is 0 Å². The van der Waals surface area contributed by atoms with Gasteiger partial charge in [-0.15, -0.1) is 0 Å². The number of benzene rings is 1. The summed E-state index contributed by atoms with van der Waals surface area (Å²) in [6.45, 7) is 9.14. The summed E-state index contributed by atoms with van der Waals surface area (Å²) in [7, 11) is 0. The molecule has 1 fully saturated rings. The molecule has 4 heteroatoms. The zero-order chi connectivity index (χ0) is 15.8. The van der Waals surface area contributed by atoms with Crippen molar-refractivity contribution in [2.75, 3.05) is 32.8 Å². The van der Waals surface area contributed by atoms with Crippen LogP contribution in [-0.2, 0) is 6.42 Å². The number of nitrogens with one attached hydrogen (secondary N) is 1. The van der Waals surface area contributed by atoms with Gasteiger partial charge in [-0.05, 0) is 31.0 Å². The van der Waals surface area contributed by atoms with E-state index >= 15 is 0 Å². The second-order valence-electron chi connectivity index (χ2n) is 6.33. The zero-order valence-corrected chi connectivity index (χ0v) is 14.1. The van der Waals surface area contributed by atoms with E-state index in [1.165, 1.54) is 31.5 Å². The third-order valence-corrected chi connectivity index (χ3v) is 4.72. The number of aliphatic hydroxyl groups is 1. The molecule has 1 heterocycles. The van der Waals surface area contributed by atoms with E-state index in [0.717, 1.165) is 31.3 Å². The number of likely N-dealkylation sites (tertiary alicyclic amines) is 1. The number of aryl methyl sites for hydroxylation is 1. The van der Waals surface area contributed by atoms with E-state index in [0.29, 0.717) is 6.61 Å². The molecule has 0 aliphatic carbocycles. The summed E-state index contributed by atoms with van der Waals surface area (Å²) < 4.78 is 5.70. The van der Waals surface area contributed by atoms with Crippen molar-refractivity contribution >= 4 is 0 Å². The van der Waals surface area contributed by atoms with Gasteiger partial charge in [-0.25, -0.2) is 0 Å². The lowest BCUT2D eigenvalue weighted by molar-refractivity contribution is -0.924. The first kappa shape index (κ1) is 17.3. The van der Waals surface area contributed by atoms with Crippen LogP contribution in [0.4, 0.5) is 0 Å². The smallest absolute Gasteiger partial charge is 0.137 e. The minimum absolute atomic E-state index is 0.374. The van der Waals surface area contributed by atoms with Crippen molar-refractivity contribution in [2.45, 2.75) is 45.3 Å². The fraction of sp³-hybridized carbons (Fsp3) is 0.667. The van der Waals surface area contributed by atoms with E-state index in [2.05, 4.69) is 31.3 Å². The summed E-state index contributed by atoms with van der Waals surface area (Å²) in [6, 6.07) is 8.88. The van der Waals surface area contributed by atoms with E-state index in [4.69, 9.17) is 4.74 Å². The van der Waals surface area contributed by atoms with Gasteiger partial charge in [-0.1, -0.05) is 19.1 Å². The molecule has 3 atom stereocenters. The maximum absolute atomic E-state index is 10.1. The second kappa shape index (κ2) is 9.13. The first-order valence-electron chi connectivity index (χ1n) is 8.79. The Hall–Kier alpha value is -1.10. The number of rotatable bonds is 9. The standard InChI is InChI=1S/C18H30N2O2/c1-3-15-7-5-9-18(11-15)22-14-17(21)13-19-12-16-8-6-10-20(16)4-2/h5,7,9,11,16-17,19,21H,3-4,6,8,10,12-14H2,1-2H3/p+2/t16-,17+/m1/s1. The summed E-state index contributed by atoms with van der Waals surface area (Å²) in [4.78, 5) is 1.72. The number of hydrogen-bond acceptors (Lipinski definition) is 2. The molecule has 22 heavy (non-hydrogen) atoms. The average Bonchev–Trinajstić information content (AvgIpc) is 3.00. The molecule has 0 spiro atoms. The van der Waals surface area contributed by atoms with Crippen molar-refractivity contribution in [3.8, 4) is 5.75 Å². The number of aliphatic hydroxyl groups excluding tert-OH is 1. The topological polar surface area (TPSA) is 50.5 Å². The molecular formula is C18H32N2O2+2. The maximum Gasteiger partial charge on any atom is 0.137 e. The molecule has 0 saturated carbocycles. The van der Waals surface area contributed by atoms with Crippen LogP contribution in [0.25, 0.3) is 0 Å². The molecule has 0 radical (unpaired) electrons. The Morgan fingerprint density at radius 3 is 3.05 bits per heavy atom. The summed E-state index contributed by atoms with van der Waals surface area (Å²) >= 11 is 0. The van der Waals surface area contributed by atoms with E-state index < -0.39 is 6.10 Å². The largest absolute Gasteiger partial charge is 0.491 e. The summed E-state index contributed by atoms with van der Waals surface area (Å²) in [5.41, 5.74) is 1.27. The van der Waals surface area contributed by atoms with Crippen LogP contribution in [-0.4, -0.2) is 50.0 Å². The van der Waals surface area contributed by atoms with Gasteiger partial charge in [0.1, 0.15) is 37.6 Å². The molecule has 4 nitrogen and oxygen atoms in total. The molecule has 2 rings (SSSR count). The third kappa shape index (κ3) is 5.27. The van der Waals surface area contributed by atoms with Crippen molar-refractivity contribution in [1.29, 1.82) is 0 Å². The highest BCUT2D eigenvalue weighted by Gasteiger charge is 2.28. The van der Waals surface area contributed by atoms with Gasteiger partial charge in [0.05, 0.1) is 13.1 Å². The molecule has 0 aromatic heterocycles. The van der Waals surface area contributed by atoms with E-state index in [1.54, 1.807) is 4.90 Å². The van der Waals surface area contributed by atoms with Crippen LogP contribution in [0.1, 0.15) is 32.3 Å². The fourth-order valence-electron chi connectivity index (χ4n) is 3.34. The first-order valence-corrected chi connectivity index (χ1v) is 8.79. The van der Waals surface area contributed by atoms with Crippen LogP contribution in [0, 0.1) is 0 Å². The molecule has 1 aliphatic heterocycles. The molecule has 124 valence electrons. The summed E-state index contributed by atoms with van der Waals surface area (Å²) in [5, 5.41) is 12.3. The van der Waals surface area contributed by atoms with Crippen molar-refractivity contribution in [3.63, 3.8) is 0 Å². The van der Waals surface area contributed by atoms with Crippen molar-refractivity contribution < 1.29 is 20.1 Å². The minimum atomic E-state index is -0.406. The number of quaternary nitrogens is 2. The van der Waals surface area contributed by atoms with Gasteiger partial charge in [0.2, 0.25) is 0 Å². The molecule has 0 bridgehead atoms. The fourth-order valence-corrected chi connectivity index (χ4v) is 3.34. The van der Waals surface area contributed by atoms with E-state index in [1.807, 2.05) is 12.1 Å². The minimum Gasteiger partial charge on any atom is -0.491 e. The van der Waals surface area contributed by atoms with Gasteiger partial charge < -0.3 is 20.1 Å². The quantitative estimate of drug-likeness (QED) is 0.582. The van der Waals surface area contributed by atoms with Crippen LogP contribution < -0.4 is 15.0 Å². The Morgan fingerprint density at radius 2 is 2.27 bits per heavy atom. The Kier molecular flexibility index (Phi) is 7.16. The van der Waals surface area contributed by atoms with Gasteiger partial charge in [-0.2, -0.15) is 0 Å². The molecule has 0 amide bonds. The average molecular weight is 308 g/mol. The lowest BCUT2D eigenvalue weighted by Gasteiger charge is -2.19. The summed E-state index contributed by atoms with van der Waals surface area (Å²) in [6.07, 6.45) is 3.28. The number of ether oxygens (including phenoxy) is 1. The van der Waals surface area contributed by atoms with Crippen LogP contribution >= 0.6 is 0 Å². The highest BCUT2D eigenvalue weighted by molar-refractivity contribution is 5.28. The third-order valence-electron chi connectivity index (χ3n) is 4.72. The normalized spacial score (nSPS) is 22.7. The van der Waals surface area contributed by atoms with E-state index in [-0.39, 0.29) is 0 Å². The molecule has 1 aliphatic rings. The predicted octanol–water partition coefficient (Wildman–Crippen LogP) is -0.381. The van der Waals surface area contributed by atoms with Crippen LogP contribution in [0.5, 0.6) is 5.75 Å². The van der Waals surface area contributed by atoms with Gasteiger partial charge in [0, 0.05) is 12.8 Å². The summed E-state index contributed by atoms with van der Waals surface area (Å²) in [5.74, 6) is 0.857. The monoisotopic (exact) mass is 308 g/mol. The lowest BCUT2D eigenvalue weighted by atomic mass is 10.2. The highest BCUT2D eigenvalue weighted by Crippen LogP contribution is 2.13. The van der Waals surface area contributed by atoms with E-state index in [9.17, 15) is 5.11 Å². The second-order valence-corrected chi connectivity index (χ2v) is 6.33. The van der Waals surface area contributed by atoms with Gasteiger partial charge in [-0.3, -0.25) is 0 Å². The molecular weight excluding hydrogens is 276 g/mol. The van der Waals surface area contributed by atoms with Crippen molar-refractivity contribution in [1.82, 2.24) is 0 Å². The molecule has 1 aromatic carbocycles. The molecule has 1 aromatic rings. The Bertz CT molecular complexity index is 439. The van der Waals surface area contributed by atoms with Gasteiger partial charge >= 0.3 is 0 Å². The Labute approximate surface area is 134 Å². The number of hydrogen-bond donors (Lipinski definition) is 3. The molecule has 1 unspecified atom stereocenters. The number of likely N-dealkylation sites (N-methyl/N-ethyl adjacent to an activating group) is 1. The lowest BCUT2D eigenvalue weighted by Crippen LogP contribution is -3.16. The Balaban J connectivity index is 1.64. The maximum atomic E-state index is 10.1. The van der Waals surface area contributed by atoms with Crippen LogP contribution in [0.15, 0.2) is 24.3 Å². The first-order chi connectivity index (χ1) is 10.7. The van der Waals surface area contributed by atoms with Crippen LogP contribution in [0.3, 0.4) is 0 Å². The zero-order valence-electron chi connectivity index (χ0n) is 14.1. The van der Waals surface area contributed by atoms with Crippen molar-refractivity contribution in [3.05, 3.63) is 29.8 Å².